The summed E-state index contributed by atoms with van der Waals surface area (Å²) in [6.07, 6.45) is 0. The number of rotatable bonds is 7. The highest BCUT2D eigenvalue weighted by Crippen LogP contribution is 2.17. The molecular weight excluding hydrogens is 220 g/mol. The predicted octanol–water partition coefficient (Wildman–Crippen LogP) is 3.46. The van der Waals surface area contributed by atoms with Crippen LogP contribution in [0, 0.1) is 12.8 Å². The van der Waals surface area contributed by atoms with Gasteiger partial charge < -0.3 is 10.2 Å². The lowest BCUT2D eigenvalue weighted by molar-refractivity contribution is 0.511. The SMILES string of the molecule is CCN(c1ccc(C)cc1)C(C)CNCC(C)C. The molecule has 2 heteroatoms. The van der Waals surface area contributed by atoms with Gasteiger partial charge in [-0.3, -0.25) is 0 Å². The molecular formula is C16H28N2. The molecule has 2 nitrogen and oxygen atoms in total. The predicted molar refractivity (Wildman–Crippen MR) is 81.4 cm³/mol. The Bertz CT molecular complexity index is 329. The lowest BCUT2D eigenvalue weighted by Gasteiger charge is -2.30. The van der Waals surface area contributed by atoms with E-state index in [1.807, 2.05) is 0 Å². The molecule has 1 unspecified atom stereocenters. The molecule has 1 rings (SSSR count). The highest BCUT2D eigenvalue weighted by molar-refractivity contribution is 5.48. The Balaban J connectivity index is 2.56. The molecule has 0 spiro atoms. The third kappa shape index (κ3) is 4.69. The highest BCUT2D eigenvalue weighted by atomic mass is 15.2. The second-order valence-electron chi connectivity index (χ2n) is 5.52. The van der Waals surface area contributed by atoms with Crippen molar-refractivity contribution in [1.82, 2.24) is 5.32 Å². The Kier molecular flexibility index (Phi) is 6.20. The molecule has 1 aromatic rings. The molecule has 1 atom stereocenters. The molecule has 0 radical (unpaired) electrons. The molecule has 0 aliphatic carbocycles. The van der Waals surface area contributed by atoms with E-state index in [0.29, 0.717) is 12.0 Å². The molecule has 0 saturated carbocycles. The van der Waals surface area contributed by atoms with Crippen molar-refractivity contribution in [3.8, 4) is 0 Å². The minimum Gasteiger partial charge on any atom is -0.368 e. The lowest BCUT2D eigenvalue weighted by Crippen LogP contribution is -2.41. The minimum absolute atomic E-state index is 0.524. The number of anilines is 1. The van der Waals surface area contributed by atoms with Crippen LogP contribution in [0.5, 0.6) is 0 Å². The van der Waals surface area contributed by atoms with Gasteiger partial charge in [0.05, 0.1) is 0 Å². The van der Waals surface area contributed by atoms with E-state index in [1.54, 1.807) is 0 Å². The molecule has 0 aromatic heterocycles. The second-order valence-corrected chi connectivity index (χ2v) is 5.52. The van der Waals surface area contributed by atoms with E-state index in [2.05, 4.69) is 69.1 Å². The average molecular weight is 248 g/mol. The van der Waals surface area contributed by atoms with Crippen molar-refractivity contribution in [1.29, 1.82) is 0 Å². The van der Waals surface area contributed by atoms with Crippen molar-refractivity contribution in [2.45, 2.75) is 40.7 Å². The van der Waals surface area contributed by atoms with Crippen LogP contribution in [0.15, 0.2) is 24.3 Å². The van der Waals surface area contributed by atoms with Crippen LogP contribution in [0.4, 0.5) is 5.69 Å². The van der Waals surface area contributed by atoms with Gasteiger partial charge >= 0.3 is 0 Å². The molecule has 0 heterocycles. The summed E-state index contributed by atoms with van der Waals surface area (Å²) in [6, 6.07) is 9.34. The fourth-order valence-electron chi connectivity index (χ4n) is 2.18. The van der Waals surface area contributed by atoms with Crippen LogP contribution in [0.3, 0.4) is 0 Å². The summed E-state index contributed by atoms with van der Waals surface area (Å²) in [6.45, 7) is 14.3. The van der Waals surface area contributed by atoms with Gasteiger partial charge in [-0.05, 0) is 45.4 Å². The van der Waals surface area contributed by atoms with Crippen LogP contribution < -0.4 is 10.2 Å². The summed E-state index contributed by atoms with van der Waals surface area (Å²) in [5.74, 6) is 0.714. The first-order chi connectivity index (χ1) is 8.54. The minimum atomic E-state index is 0.524. The number of nitrogens with zero attached hydrogens (tertiary/aromatic N) is 1. The van der Waals surface area contributed by atoms with Gasteiger partial charge in [0.25, 0.3) is 0 Å². The van der Waals surface area contributed by atoms with Crippen molar-refractivity contribution in [2.24, 2.45) is 5.92 Å². The summed E-state index contributed by atoms with van der Waals surface area (Å²) < 4.78 is 0. The van der Waals surface area contributed by atoms with Gasteiger partial charge in [0.2, 0.25) is 0 Å². The largest absolute Gasteiger partial charge is 0.368 e. The van der Waals surface area contributed by atoms with Gasteiger partial charge in [-0.1, -0.05) is 31.5 Å². The number of hydrogen-bond donors (Lipinski definition) is 1. The van der Waals surface area contributed by atoms with Crippen molar-refractivity contribution < 1.29 is 0 Å². The molecule has 102 valence electrons. The van der Waals surface area contributed by atoms with Crippen LogP contribution in [-0.2, 0) is 0 Å². The summed E-state index contributed by atoms with van der Waals surface area (Å²) in [4.78, 5) is 2.45. The van der Waals surface area contributed by atoms with Crippen LogP contribution in [0.25, 0.3) is 0 Å². The van der Waals surface area contributed by atoms with Crippen molar-refractivity contribution in [3.63, 3.8) is 0 Å². The summed E-state index contributed by atoms with van der Waals surface area (Å²) in [5.41, 5.74) is 2.64. The van der Waals surface area contributed by atoms with E-state index in [-0.39, 0.29) is 0 Å². The Morgan fingerprint density at radius 2 is 1.67 bits per heavy atom. The van der Waals surface area contributed by atoms with Crippen LogP contribution in [0.2, 0.25) is 0 Å². The van der Waals surface area contributed by atoms with Crippen molar-refractivity contribution >= 4 is 5.69 Å². The Hall–Kier alpha value is -1.02. The van der Waals surface area contributed by atoms with Crippen LogP contribution in [0.1, 0.15) is 33.3 Å². The van der Waals surface area contributed by atoms with E-state index in [4.69, 9.17) is 0 Å². The quantitative estimate of drug-likeness (QED) is 0.795. The zero-order valence-corrected chi connectivity index (χ0v) is 12.5. The van der Waals surface area contributed by atoms with E-state index in [9.17, 15) is 0 Å². The molecule has 0 saturated heterocycles. The van der Waals surface area contributed by atoms with E-state index in [1.165, 1.54) is 11.3 Å². The Labute approximate surface area is 112 Å². The first-order valence-corrected chi connectivity index (χ1v) is 7.08. The third-order valence-electron chi connectivity index (χ3n) is 3.23. The molecule has 0 aliphatic heterocycles. The number of benzene rings is 1. The van der Waals surface area contributed by atoms with E-state index < -0.39 is 0 Å². The Morgan fingerprint density at radius 3 is 2.17 bits per heavy atom. The van der Waals surface area contributed by atoms with Gasteiger partial charge in [0.1, 0.15) is 0 Å². The Morgan fingerprint density at radius 1 is 1.06 bits per heavy atom. The monoisotopic (exact) mass is 248 g/mol. The van der Waals surface area contributed by atoms with Gasteiger partial charge in [-0.25, -0.2) is 0 Å². The van der Waals surface area contributed by atoms with E-state index >= 15 is 0 Å². The van der Waals surface area contributed by atoms with Crippen LogP contribution >= 0.6 is 0 Å². The molecule has 0 amide bonds. The lowest BCUT2D eigenvalue weighted by atomic mass is 10.1. The average Bonchev–Trinajstić information content (AvgIpc) is 2.32. The summed E-state index contributed by atoms with van der Waals surface area (Å²) >= 11 is 0. The number of aryl methyl sites for hydroxylation is 1. The summed E-state index contributed by atoms with van der Waals surface area (Å²) in [7, 11) is 0. The second kappa shape index (κ2) is 7.42. The first kappa shape index (κ1) is 15.0. The fraction of sp³-hybridized carbons (Fsp3) is 0.625. The maximum atomic E-state index is 3.54. The number of hydrogen-bond acceptors (Lipinski definition) is 2. The standard InChI is InChI=1S/C16H28N2/c1-6-18(15(5)12-17-11-13(2)3)16-9-7-14(4)8-10-16/h7-10,13,15,17H,6,11-12H2,1-5H3. The molecule has 1 aromatic carbocycles. The molecule has 0 aliphatic rings. The van der Waals surface area contributed by atoms with Gasteiger partial charge in [-0.2, -0.15) is 0 Å². The van der Waals surface area contributed by atoms with Gasteiger partial charge in [0, 0.05) is 24.8 Å². The smallest absolute Gasteiger partial charge is 0.0386 e. The third-order valence-corrected chi connectivity index (χ3v) is 3.23. The highest BCUT2D eigenvalue weighted by Gasteiger charge is 2.12. The molecule has 0 fully saturated rings. The molecule has 1 N–H and O–H groups in total. The number of nitrogens with one attached hydrogen (secondary N) is 1. The van der Waals surface area contributed by atoms with Gasteiger partial charge in [-0.15, -0.1) is 0 Å². The molecule has 18 heavy (non-hydrogen) atoms. The first-order valence-electron chi connectivity index (χ1n) is 7.08. The van der Waals surface area contributed by atoms with Gasteiger partial charge in [0.15, 0.2) is 0 Å². The zero-order chi connectivity index (χ0) is 13.5. The number of likely N-dealkylation sites (N-methyl/N-ethyl adjacent to an activating group) is 1. The van der Waals surface area contributed by atoms with E-state index in [0.717, 1.165) is 19.6 Å². The maximum Gasteiger partial charge on any atom is 0.0386 e. The molecule has 0 bridgehead atoms. The summed E-state index contributed by atoms with van der Waals surface area (Å²) in [5, 5.41) is 3.54. The topological polar surface area (TPSA) is 15.3 Å². The maximum absolute atomic E-state index is 3.54. The normalized spacial score (nSPS) is 12.8. The van der Waals surface area contributed by atoms with Crippen molar-refractivity contribution in [2.75, 3.05) is 24.5 Å². The van der Waals surface area contributed by atoms with Crippen LogP contribution in [-0.4, -0.2) is 25.7 Å². The van der Waals surface area contributed by atoms with Crippen molar-refractivity contribution in [3.05, 3.63) is 29.8 Å². The fourth-order valence-corrected chi connectivity index (χ4v) is 2.18. The zero-order valence-electron chi connectivity index (χ0n) is 12.5.